The Kier molecular flexibility index (Phi) is 8.15. The average molecular weight is 369 g/mol. The quantitative estimate of drug-likeness (QED) is 0.631. The Balaban J connectivity index is 1.83. The normalized spacial score (nSPS) is 22.9. The number of ether oxygens (including phenoxy) is 1. The topological polar surface area (TPSA) is 82.7 Å². The van der Waals surface area contributed by atoms with Crippen LogP contribution in [-0.2, 0) is 9.53 Å². The summed E-state index contributed by atoms with van der Waals surface area (Å²) in [5.74, 6) is 0.375. The fraction of sp³-hybridized carbons (Fsp3) is 0.895. The van der Waals surface area contributed by atoms with Crippen LogP contribution in [0.25, 0.3) is 0 Å². The van der Waals surface area contributed by atoms with Crippen LogP contribution in [-0.4, -0.2) is 69.8 Å². The van der Waals surface area contributed by atoms with Crippen LogP contribution in [0.2, 0.25) is 0 Å². The molecule has 0 aromatic rings. The number of carbonyl (C=O) groups excluding carboxylic acids is 2. The van der Waals surface area contributed by atoms with Gasteiger partial charge in [0.1, 0.15) is 0 Å². The Morgan fingerprint density at radius 3 is 2.65 bits per heavy atom. The maximum atomic E-state index is 12.7. The molecule has 2 fully saturated rings. The molecule has 2 aliphatic heterocycles. The second kappa shape index (κ2) is 10.1. The van der Waals surface area contributed by atoms with E-state index in [-0.39, 0.29) is 23.3 Å². The number of nitrogens with zero attached hydrogens (tertiary/aromatic N) is 1. The van der Waals surface area contributed by atoms with E-state index in [0.29, 0.717) is 32.2 Å². The summed E-state index contributed by atoms with van der Waals surface area (Å²) in [6, 6.07) is -0.0505. The smallest absolute Gasteiger partial charge is 0.317 e. The van der Waals surface area contributed by atoms with Crippen molar-refractivity contribution in [1.29, 1.82) is 0 Å². The minimum atomic E-state index is -0.116. The first-order valence-corrected chi connectivity index (χ1v) is 9.96. The minimum Gasteiger partial charge on any atom is -0.384 e. The predicted molar refractivity (Wildman–Crippen MR) is 102 cm³/mol. The molecule has 3 amide bonds. The van der Waals surface area contributed by atoms with Gasteiger partial charge in [-0.2, -0.15) is 0 Å². The molecule has 0 spiro atoms. The number of likely N-dealkylation sites (tertiary alicyclic amines) is 1. The summed E-state index contributed by atoms with van der Waals surface area (Å²) in [4.78, 5) is 26.8. The van der Waals surface area contributed by atoms with Crippen LogP contribution in [0.1, 0.15) is 39.5 Å². The first-order chi connectivity index (χ1) is 12.5. The number of rotatable bonds is 7. The Bertz CT molecular complexity index is 458. The van der Waals surface area contributed by atoms with Crippen LogP contribution in [0.3, 0.4) is 0 Å². The van der Waals surface area contributed by atoms with Crippen molar-refractivity contribution in [2.45, 2.75) is 39.5 Å². The molecule has 1 atom stereocenters. The van der Waals surface area contributed by atoms with E-state index in [4.69, 9.17) is 4.74 Å². The molecule has 0 aromatic carbocycles. The van der Waals surface area contributed by atoms with E-state index in [1.165, 1.54) is 0 Å². The molecule has 3 N–H and O–H groups in total. The fourth-order valence-electron chi connectivity index (χ4n) is 3.83. The lowest BCUT2D eigenvalue weighted by Gasteiger charge is -2.38. The zero-order chi connectivity index (χ0) is 19.0. The van der Waals surface area contributed by atoms with Crippen LogP contribution in [0.15, 0.2) is 0 Å². The minimum absolute atomic E-state index is 0.0264. The van der Waals surface area contributed by atoms with Crippen LogP contribution < -0.4 is 16.0 Å². The second-order valence-corrected chi connectivity index (χ2v) is 8.27. The molecule has 2 aliphatic rings. The van der Waals surface area contributed by atoms with E-state index in [1.54, 1.807) is 12.0 Å². The van der Waals surface area contributed by atoms with E-state index in [2.05, 4.69) is 29.8 Å². The van der Waals surface area contributed by atoms with Crippen molar-refractivity contribution in [3.8, 4) is 0 Å². The summed E-state index contributed by atoms with van der Waals surface area (Å²) >= 11 is 0. The Labute approximate surface area is 157 Å². The van der Waals surface area contributed by atoms with Gasteiger partial charge in [0.25, 0.3) is 0 Å². The summed E-state index contributed by atoms with van der Waals surface area (Å²) in [6.45, 7) is 9.30. The van der Waals surface area contributed by atoms with Crippen molar-refractivity contribution in [2.24, 2.45) is 17.3 Å². The standard InChI is InChI=1S/C19H36N4O3/c1-15(2)11-21-18(25)23-10-4-5-16(12-23)17(24)22-13-19(14-26-3)6-8-20-9-7-19/h15-16,20H,4-14H2,1-3H3,(H,21,25)(H,22,24). The third-order valence-corrected chi connectivity index (χ3v) is 5.49. The number of methoxy groups -OCH3 is 1. The summed E-state index contributed by atoms with van der Waals surface area (Å²) in [6.07, 6.45) is 3.74. The maximum absolute atomic E-state index is 12.7. The highest BCUT2D eigenvalue weighted by Crippen LogP contribution is 2.28. The average Bonchev–Trinajstić information content (AvgIpc) is 2.65. The van der Waals surface area contributed by atoms with Gasteiger partial charge in [-0.1, -0.05) is 13.8 Å². The lowest BCUT2D eigenvalue weighted by Crippen LogP contribution is -2.52. The molecule has 2 rings (SSSR count). The van der Waals surface area contributed by atoms with Crippen LogP contribution in [0.5, 0.6) is 0 Å². The van der Waals surface area contributed by atoms with E-state index >= 15 is 0 Å². The third kappa shape index (κ3) is 6.13. The van der Waals surface area contributed by atoms with Gasteiger partial charge in [0.05, 0.1) is 12.5 Å². The maximum Gasteiger partial charge on any atom is 0.317 e. The number of hydrogen-bond acceptors (Lipinski definition) is 4. The SMILES string of the molecule is COCC1(CNC(=O)C2CCCN(C(=O)NCC(C)C)C2)CCNCC1. The summed E-state index contributed by atoms with van der Waals surface area (Å²) < 4.78 is 5.42. The molecule has 2 heterocycles. The zero-order valence-corrected chi connectivity index (χ0v) is 16.6. The van der Waals surface area contributed by atoms with Gasteiger partial charge in [0.2, 0.25) is 5.91 Å². The van der Waals surface area contributed by atoms with Gasteiger partial charge >= 0.3 is 6.03 Å². The highest BCUT2D eigenvalue weighted by Gasteiger charge is 2.34. The van der Waals surface area contributed by atoms with E-state index in [0.717, 1.165) is 45.3 Å². The molecule has 7 nitrogen and oxygen atoms in total. The largest absolute Gasteiger partial charge is 0.384 e. The Hall–Kier alpha value is -1.34. The Morgan fingerprint density at radius 1 is 1.27 bits per heavy atom. The molecule has 7 heteroatoms. The molecule has 0 saturated carbocycles. The lowest BCUT2D eigenvalue weighted by molar-refractivity contribution is -0.127. The Morgan fingerprint density at radius 2 is 2.00 bits per heavy atom. The molecular formula is C19H36N4O3. The number of nitrogens with one attached hydrogen (secondary N) is 3. The van der Waals surface area contributed by atoms with Crippen molar-refractivity contribution in [3.63, 3.8) is 0 Å². The van der Waals surface area contributed by atoms with Crippen molar-refractivity contribution in [2.75, 3.05) is 53.0 Å². The zero-order valence-electron chi connectivity index (χ0n) is 16.6. The summed E-state index contributed by atoms with van der Waals surface area (Å²) in [5.41, 5.74) is 0.0264. The van der Waals surface area contributed by atoms with Crippen molar-refractivity contribution in [3.05, 3.63) is 0 Å². The fourth-order valence-corrected chi connectivity index (χ4v) is 3.83. The highest BCUT2D eigenvalue weighted by molar-refractivity contribution is 5.80. The van der Waals surface area contributed by atoms with Gasteiger partial charge in [-0.05, 0) is 44.7 Å². The first kappa shape index (κ1) is 21.0. The number of carbonyl (C=O) groups is 2. The number of hydrogen-bond donors (Lipinski definition) is 3. The molecule has 1 unspecified atom stereocenters. The second-order valence-electron chi connectivity index (χ2n) is 8.27. The van der Waals surface area contributed by atoms with E-state index in [1.807, 2.05) is 0 Å². The van der Waals surface area contributed by atoms with Gasteiger partial charge in [0.15, 0.2) is 0 Å². The van der Waals surface area contributed by atoms with Gasteiger partial charge in [-0.15, -0.1) is 0 Å². The number of urea groups is 1. The molecule has 2 saturated heterocycles. The van der Waals surface area contributed by atoms with Crippen LogP contribution in [0.4, 0.5) is 4.79 Å². The number of amides is 3. The van der Waals surface area contributed by atoms with Crippen molar-refractivity contribution < 1.29 is 14.3 Å². The molecular weight excluding hydrogens is 332 g/mol. The van der Waals surface area contributed by atoms with Gasteiger partial charge in [-0.25, -0.2) is 4.79 Å². The summed E-state index contributed by atoms with van der Waals surface area (Å²) in [5, 5.41) is 9.47. The van der Waals surface area contributed by atoms with Gasteiger partial charge in [-0.3, -0.25) is 4.79 Å². The number of piperidine rings is 2. The van der Waals surface area contributed by atoms with E-state index < -0.39 is 0 Å². The highest BCUT2D eigenvalue weighted by atomic mass is 16.5. The molecule has 150 valence electrons. The lowest BCUT2D eigenvalue weighted by atomic mass is 9.79. The molecule has 26 heavy (non-hydrogen) atoms. The van der Waals surface area contributed by atoms with E-state index in [9.17, 15) is 9.59 Å². The molecule has 0 bridgehead atoms. The van der Waals surface area contributed by atoms with Gasteiger partial charge < -0.3 is 25.6 Å². The molecule has 0 aromatic heterocycles. The predicted octanol–water partition coefficient (Wildman–Crippen LogP) is 1.20. The van der Waals surface area contributed by atoms with Crippen molar-refractivity contribution in [1.82, 2.24) is 20.9 Å². The monoisotopic (exact) mass is 368 g/mol. The van der Waals surface area contributed by atoms with Crippen molar-refractivity contribution >= 4 is 11.9 Å². The van der Waals surface area contributed by atoms with Crippen LogP contribution in [0, 0.1) is 17.3 Å². The summed E-state index contributed by atoms with van der Waals surface area (Å²) in [7, 11) is 1.72. The van der Waals surface area contributed by atoms with Gasteiger partial charge in [0, 0.05) is 38.7 Å². The molecule has 0 radical (unpaired) electrons. The third-order valence-electron chi connectivity index (χ3n) is 5.49. The van der Waals surface area contributed by atoms with Crippen LogP contribution >= 0.6 is 0 Å². The first-order valence-electron chi connectivity index (χ1n) is 9.96. The molecule has 0 aliphatic carbocycles.